The van der Waals surface area contributed by atoms with Gasteiger partial charge in [0.05, 0.1) is 11.4 Å². The number of aromatic nitrogens is 1. The summed E-state index contributed by atoms with van der Waals surface area (Å²) < 4.78 is 0. The fraction of sp³-hybridized carbons (Fsp3) is 0. The van der Waals surface area contributed by atoms with E-state index in [0.717, 1.165) is 28.3 Å². The second-order valence-corrected chi connectivity index (χ2v) is 8.01. The van der Waals surface area contributed by atoms with Crippen molar-refractivity contribution in [3.05, 3.63) is 141 Å². The molecule has 0 spiro atoms. The van der Waals surface area contributed by atoms with Crippen LogP contribution in [-0.2, 0) is 20.1 Å². The van der Waals surface area contributed by atoms with E-state index in [9.17, 15) is 0 Å². The second-order valence-electron chi connectivity index (χ2n) is 8.01. The van der Waals surface area contributed by atoms with Gasteiger partial charge >= 0.3 is 0 Å². The van der Waals surface area contributed by atoms with Crippen LogP contribution in [0, 0.1) is 13.5 Å². The van der Waals surface area contributed by atoms with E-state index in [2.05, 4.69) is 113 Å². The molecule has 0 unspecified atom stereocenters. The Labute approximate surface area is 220 Å². The Kier molecular flexibility index (Phi) is 7.41. The quantitative estimate of drug-likeness (QED) is 0.182. The molecule has 0 saturated heterocycles. The monoisotopic (exact) mass is 629 g/mol. The van der Waals surface area contributed by atoms with Gasteiger partial charge < -0.3 is 17.3 Å². The summed E-state index contributed by atoms with van der Waals surface area (Å²) in [4.78, 5) is 6.90. The smallest absolute Gasteiger partial charge is 0.0522 e. The molecule has 5 aromatic carbocycles. The van der Waals surface area contributed by atoms with Gasteiger partial charge in [0, 0.05) is 37.1 Å². The van der Waals surface area contributed by atoms with Crippen molar-refractivity contribution in [2.45, 2.75) is 0 Å². The maximum absolute atomic E-state index is 4.55. The predicted molar refractivity (Wildman–Crippen MR) is 145 cm³/mol. The zero-order valence-electron chi connectivity index (χ0n) is 19.4. The second kappa shape index (κ2) is 10.7. The van der Waals surface area contributed by atoms with Gasteiger partial charge in [0.25, 0.3) is 0 Å². The van der Waals surface area contributed by atoms with E-state index in [4.69, 9.17) is 0 Å². The molecule has 35 heavy (non-hydrogen) atoms. The molecule has 0 aliphatic rings. The minimum absolute atomic E-state index is 0. The van der Waals surface area contributed by atoms with Gasteiger partial charge in [-0.2, -0.15) is 0 Å². The molecule has 6 aromatic rings. The first kappa shape index (κ1) is 24.3. The van der Waals surface area contributed by atoms with Crippen LogP contribution in [-0.4, -0.2) is 4.98 Å². The molecular formula is C32H24IrN2-2. The number of fused-ring (bicyclic) bond motifs is 2. The third-order valence-corrected chi connectivity index (χ3v) is 6.00. The van der Waals surface area contributed by atoms with E-state index in [-0.39, 0.29) is 27.5 Å². The molecule has 3 heteroatoms. The molecule has 2 nitrogen and oxygen atoms in total. The molecule has 0 N–H and O–H groups in total. The molecular weight excluding hydrogens is 605 g/mol. The first-order valence-corrected chi connectivity index (χ1v) is 11.1. The molecule has 0 aliphatic heterocycles. The van der Waals surface area contributed by atoms with Gasteiger partial charge in [-0.05, 0) is 40.4 Å². The number of hydrogen-bond donors (Lipinski definition) is 0. The molecule has 0 atom stereocenters. The maximum atomic E-state index is 4.55. The standard InChI is InChI=1S/C31H21N2.CH3.Ir/c1-3-16-27-23(10-1)12-8-19-30(27)33(31-20-9-13-24-11-2-4-17-28(24)31)26-15-7-14-25(22-26)29-18-5-6-21-32-29;;/h1-13,15-22H;1H3;/q2*-1;. The molecule has 1 heterocycles. The van der Waals surface area contributed by atoms with E-state index in [0.29, 0.717) is 0 Å². The van der Waals surface area contributed by atoms with Gasteiger partial charge in [0.1, 0.15) is 0 Å². The molecule has 0 amide bonds. The van der Waals surface area contributed by atoms with E-state index in [1.165, 1.54) is 21.5 Å². The summed E-state index contributed by atoms with van der Waals surface area (Å²) in [5.74, 6) is 0. The molecule has 0 bridgehead atoms. The molecule has 1 radical (unpaired) electrons. The van der Waals surface area contributed by atoms with Gasteiger partial charge in [0.15, 0.2) is 0 Å². The SMILES string of the molecule is [CH3-].[Ir].[c-]1ccc(N(c2cccc3ccccc23)c2cccc3ccccc23)cc1-c1ccccn1. The topological polar surface area (TPSA) is 16.1 Å². The Hall–Kier alpha value is -3.78. The first-order valence-electron chi connectivity index (χ1n) is 11.1. The largest absolute Gasteiger partial charge is 0.358 e. The van der Waals surface area contributed by atoms with Crippen molar-refractivity contribution in [3.8, 4) is 11.3 Å². The van der Waals surface area contributed by atoms with Crippen LogP contribution < -0.4 is 4.90 Å². The van der Waals surface area contributed by atoms with Crippen LogP contribution >= 0.6 is 0 Å². The molecule has 1 aromatic heterocycles. The van der Waals surface area contributed by atoms with Crippen LogP contribution in [0.1, 0.15) is 0 Å². The van der Waals surface area contributed by atoms with Gasteiger partial charge in [-0.3, -0.25) is 0 Å². The first-order chi connectivity index (χ1) is 16.4. The minimum Gasteiger partial charge on any atom is -0.358 e. The number of pyridine rings is 1. The van der Waals surface area contributed by atoms with Crippen LogP contribution in [0.2, 0.25) is 0 Å². The molecule has 0 fully saturated rings. The average molecular weight is 629 g/mol. The third kappa shape index (κ3) is 4.61. The van der Waals surface area contributed by atoms with Crippen LogP contribution in [0.4, 0.5) is 17.1 Å². The van der Waals surface area contributed by atoms with E-state index in [1.54, 1.807) is 0 Å². The summed E-state index contributed by atoms with van der Waals surface area (Å²) in [5, 5.41) is 4.85. The van der Waals surface area contributed by atoms with Crippen molar-refractivity contribution in [3.63, 3.8) is 0 Å². The van der Waals surface area contributed by atoms with Crippen molar-refractivity contribution < 1.29 is 20.1 Å². The number of nitrogens with zero attached hydrogens (tertiary/aromatic N) is 2. The van der Waals surface area contributed by atoms with Crippen molar-refractivity contribution in [1.82, 2.24) is 4.98 Å². The predicted octanol–water partition coefficient (Wildman–Crippen LogP) is 8.77. The van der Waals surface area contributed by atoms with E-state index >= 15 is 0 Å². The summed E-state index contributed by atoms with van der Waals surface area (Å²) in [7, 11) is 0. The van der Waals surface area contributed by atoms with Crippen LogP contribution in [0.15, 0.2) is 128 Å². The fourth-order valence-corrected chi connectivity index (χ4v) is 4.48. The molecule has 0 saturated carbocycles. The molecule has 6 rings (SSSR count). The molecule has 173 valence electrons. The van der Waals surface area contributed by atoms with Crippen molar-refractivity contribution in [2.75, 3.05) is 4.90 Å². The zero-order chi connectivity index (χ0) is 22.0. The number of hydrogen-bond acceptors (Lipinski definition) is 2. The molecule has 0 aliphatic carbocycles. The van der Waals surface area contributed by atoms with Crippen LogP contribution in [0.3, 0.4) is 0 Å². The summed E-state index contributed by atoms with van der Waals surface area (Å²) >= 11 is 0. The minimum atomic E-state index is 0. The normalized spacial score (nSPS) is 10.4. The summed E-state index contributed by atoms with van der Waals surface area (Å²) in [6.07, 6.45) is 1.82. The zero-order valence-corrected chi connectivity index (χ0v) is 21.7. The Morgan fingerprint density at radius 1 is 0.600 bits per heavy atom. The van der Waals surface area contributed by atoms with Crippen LogP contribution in [0.25, 0.3) is 32.8 Å². The van der Waals surface area contributed by atoms with Gasteiger partial charge in [0.2, 0.25) is 0 Å². The Balaban J connectivity index is 0.00000144. The average Bonchev–Trinajstić information content (AvgIpc) is 2.90. The van der Waals surface area contributed by atoms with Gasteiger partial charge in [-0.25, -0.2) is 0 Å². The summed E-state index contributed by atoms with van der Waals surface area (Å²) in [6.45, 7) is 0. The van der Waals surface area contributed by atoms with Gasteiger partial charge in [-0.1, -0.05) is 84.9 Å². The van der Waals surface area contributed by atoms with E-state index in [1.807, 2.05) is 30.5 Å². The summed E-state index contributed by atoms with van der Waals surface area (Å²) in [5.41, 5.74) is 5.24. The van der Waals surface area contributed by atoms with E-state index < -0.39 is 0 Å². The maximum Gasteiger partial charge on any atom is 0.0522 e. The summed E-state index contributed by atoms with van der Waals surface area (Å²) in [6, 6.07) is 45.7. The van der Waals surface area contributed by atoms with Crippen molar-refractivity contribution >= 4 is 38.6 Å². The van der Waals surface area contributed by atoms with Crippen molar-refractivity contribution in [1.29, 1.82) is 0 Å². The Morgan fingerprint density at radius 2 is 1.17 bits per heavy atom. The van der Waals surface area contributed by atoms with Crippen molar-refractivity contribution in [2.24, 2.45) is 0 Å². The number of rotatable bonds is 4. The van der Waals surface area contributed by atoms with Gasteiger partial charge in [-0.15, -0.1) is 29.8 Å². The Morgan fingerprint density at radius 3 is 1.77 bits per heavy atom. The number of anilines is 3. The van der Waals surface area contributed by atoms with Crippen LogP contribution in [0.5, 0.6) is 0 Å². The third-order valence-electron chi connectivity index (χ3n) is 6.00. The fourth-order valence-electron chi connectivity index (χ4n) is 4.48. The number of benzene rings is 5. The Bertz CT molecular complexity index is 1490.